The normalized spacial score (nSPS) is 13.0. The van der Waals surface area contributed by atoms with E-state index in [2.05, 4.69) is 0 Å². The van der Waals surface area contributed by atoms with Crippen LogP contribution in [0.4, 0.5) is 13.2 Å². The summed E-state index contributed by atoms with van der Waals surface area (Å²) in [4.78, 5) is 25.8. The quantitative estimate of drug-likeness (QED) is 0.773. The molecule has 0 amide bonds. The summed E-state index contributed by atoms with van der Waals surface area (Å²) in [5.41, 5.74) is -1.77. The van der Waals surface area contributed by atoms with E-state index in [4.69, 9.17) is 7.85 Å². The number of benzene rings is 1. The van der Waals surface area contributed by atoms with E-state index in [1.165, 1.54) is 18.2 Å². The smallest absolute Gasteiger partial charge is 0.416 e. The fourth-order valence-electron chi connectivity index (χ4n) is 2.75. The Kier molecular flexibility index (Phi) is 6.15. The number of halogens is 3. The van der Waals surface area contributed by atoms with Gasteiger partial charge in [-0.3, -0.25) is 9.36 Å². The topological polar surface area (TPSA) is 62.5 Å². The summed E-state index contributed by atoms with van der Waals surface area (Å²) < 4.78 is 40.8. The van der Waals surface area contributed by atoms with Crippen LogP contribution in [0.3, 0.4) is 0 Å². The molecule has 0 spiro atoms. The highest BCUT2D eigenvalue weighted by atomic mass is 19.4. The van der Waals surface area contributed by atoms with Gasteiger partial charge in [-0.25, -0.2) is 4.79 Å². The van der Waals surface area contributed by atoms with E-state index in [1.807, 2.05) is 0 Å². The standard InChI is InChI=1S/C18H18BF3N2O3/c1-23(2)7-6-12-10-24(15(25)9-14(12)18(20,21)22)16(17(26)27)11-4-3-5-13(19)8-11/h3-5,8-10,16H,6-7H2,1-2H3,(H,26,27). The second-order valence-corrected chi connectivity index (χ2v) is 6.42. The van der Waals surface area contributed by atoms with Gasteiger partial charge in [-0.15, -0.1) is 0 Å². The van der Waals surface area contributed by atoms with Crippen molar-refractivity contribution in [1.82, 2.24) is 9.47 Å². The van der Waals surface area contributed by atoms with E-state index in [-0.39, 0.29) is 23.0 Å². The molecule has 27 heavy (non-hydrogen) atoms. The highest BCUT2D eigenvalue weighted by Gasteiger charge is 2.35. The molecule has 5 nitrogen and oxygen atoms in total. The van der Waals surface area contributed by atoms with Gasteiger partial charge in [-0.2, -0.15) is 13.2 Å². The molecule has 0 bridgehead atoms. The van der Waals surface area contributed by atoms with Crippen LogP contribution in [0.5, 0.6) is 0 Å². The molecular formula is C18H18BF3N2O3. The molecule has 1 heterocycles. The Labute approximate surface area is 155 Å². The molecule has 1 N–H and O–H groups in total. The average Bonchev–Trinajstić information content (AvgIpc) is 2.53. The second kappa shape index (κ2) is 8.00. The number of likely N-dealkylation sites (N-methyl/N-ethyl adjacent to an activating group) is 1. The third kappa shape index (κ3) is 5.00. The molecule has 0 saturated heterocycles. The van der Waals surface area contributed by atoms with Gasteiger partial charge in [-0.05, 0) is 31.6 Å². The molecule has 2 radical (unpaired) electrons. The number of carbonyl (C=O) groups is 1. The minimum Gasteiger partial charge on any atom is -0.479 e. The Bertz CT molecular complexity index is 894. The van der Waals surface area contributed by atoms with Crippen molar-refractivity contribution in [3.8, 4) is 0 Å². The lowest BCUT2D eigenvalue weighted by Crippen LogP contribution is -2.33. The molecule has 1 aromatic carbocycles. The van der Waals surface area contributed by atoms with Gasteiger partial charge in [0.05, 0.1) is 5.56 Å². The van der Waals surface area contributed by atoms with Crippen molar-refractivity contribution in [2.45, 2.75) is 18.6 Å². The zero-order valence-electron chi connectivity index (χ0n) is 14.8. The van der Waals surface area contributed by atoms with E-state index in [0.29, 0.717) is 12.6 Å². The highest BCUT2D eigenvalue weighted by molar-refractivity contribution is 6.32. The first-order valence-corrected chi connectivity index (χ1v) is 8.06. The van der Waals surface area contributed by atoms with Gasteiger partial charge >= 0.3 is 12.1 Å². The predicted molar refractivity (Wildman–Crippen MR) is 95.6 cm³/mol. The van der Waals surface area contributed by atoms with Gasteiger partial charge in [0.1, 0.15) is 7.85 Å². The molecular weight excluding hydrogens is 360 g/mol. The number of aromatic nitrogens is 1. The molecule has 0 aliphatic carbocycles. The maximum atomic E-state index is 13.3. The largest absolute Gasteiger partial charge is 0.479 e. The van der Waals surface area contributed by atoms with Crippen molar-refractivity contribution in [3.63, 3.8) is 0 Å². The third-order valence-corrected chi connectivity index (χ3v) is 4.04. The Morgan fingerprint density at radius 2 is 1.96 bits per heavy atom. The molecule has 1 aromatic heterocycles. The van der Waals surface area contributed by atoms with Gasteiger partial charge < -0.3 is 10.0 Å². The van der Waals surface area contributed by atoms with Crippen molar-refractivity contribution in [3.05, 3.63) is 63.6 Å². The summed E-state index contributed by atoms with van der Waals surface area (Å²) in [6.45, 7) is 0.303. The van der Waals surface area contributed by atoms with Crippen LogP contribution in [0.2, 0.25) is 0 Å². The first kappa shape index (κ1) is 20.8. The molecule has 1 atom stereocenters. The first-order chi connectivity index (χ1) is 12.5. The van der Waals surface area contributed by atoms with Gasteiger partial charge in [0.15, 0.2) is 6.04 Å². The maximum Gasteiger partial charge on any atom is 0.416 e. The minimum absolute atomic E-state index is 0.00535. The Morgan fingerprint density at radius 3 is 2.48 bits per heavy atom. The molecule has 0 aliphatic heterocycles. The molecule has 9 heteroatoms. The lowest BCUT2D eigenvalue weighted by molar-refractivity contribution is -0.139. The zero-order chi connectivity index (χ0) is 20.4. The van der Waals surface area contributed by atoms with Crippen LogP contribution in [0.1, 0.15) is 22.7 Å². The average molecular weight is 378 g/mol. The van der Waals surface area contributed by atoms with Crippen molar-refractivity contribution < 1.29 is 23.1 Å². The van der Waals surface area contributed by atoms with Gasteiger partial charge in [-0.1, -0.05) is 29.7 Å². The number of aliphatic carboxylic acids is 1. The van der Waals surface area contributed by atoms with Crippen LogP contribution in [0.25, 0.3) is 0 Å². The molecule has 2 rings (SSSR count). The SMILES string of the molecule is [B]c1cccc(C(C(=O)O)n2cc(CCN(C)C)c(C(F)(F)F)cc2=O)c1. The van der Waals surface area contributed by atoms with Crippen LogP contribution < -0.4 is 11.0 Å². The summed E-state index contributed by atoms with van der Waals surface area (Å²) >= 11 is 0. The number of hydrogen-bond acceptors (Lipinski definition) is 3. The number of nitrogens with zero attached hydrogens (tertiary/aromatic N) is 2. The van der Waals surface area contributed by atoms with Gasteiger partial charge in [0.2, 0.25) is 0 Å². The van der Waals surface area contributed by atoms with E-state index < -0.39 is 29.3 Å². The van der Waals surface area contributed by atoms with Crippen LogP contribution in [0, 0.1) is 0 Å². The van der Waals surface area contributed by atoms with E-state index >= 15 is 0 Å². The third-order valence-electron chi connectivity index (χ3n) is 4.04. The fraction of sp³-hybridized carbons (Fsp3) is 0.333. The van der Waals surface area contributed by atoms with Crippen molar-refractivity contribution in [2.75, 3.05) is 20.6 Å². The van der Waals surface area contributed by atoms with Crippen LogP contribution in [0.15, 0.2) is 41.3 Å². The lowest BCUT2D eigenvalue weighted by atomic mass is 9.92. The predicted octanol–water partition coefficient (Wildman–Crippen LogP) is 1.44. The molecule has 0 saturated carbocycles. The Morgan fingerprint density at radius 1 is 1.30 bits per heavy atom. The number of pyridine rings is 1. The molecule has 2 aromatic rings. The number of rotatable bonds is 6. The van der Waals surface area contributed by atoms with Crippen molar-refractivity contribution in [1.29, 1.82) is 0 Å². The molecule has 0 aliphatic rings. The van der Waals surface area contributed by atoms with E-state index in [9.17, 15) is 27.9 Å². The molecule has 0 fully saturated rings. The highest BCUT2D eigenvalue weighted by Crippen LogP contribution is 2.32. The fourth-order valence-corrected chi connectivity index (χ4v) is 2.75. The summed E-state index contributed by atoms with van der Waals surface area (Å²) in [6.07, 6.45) is -3.72. The Hall–Kier alpha value is -2.55. The summed E-state index contributed by atoms with van der Waals surface area (Å²) in [6, 6.07) is 4.86. The van der Waals surface area contributed by atoms with Crippen LogP contribution in [-0.2, 0) is 17.4 Å². The number of carboxylic acids is 1. The summed E-state index contributed by atoms with van der Waals surface area (Å²) in [5.74, 6) is -1.37. The second-order valence-electron chi connectivity index (χ2n) is 6.42. The Balaban J connectivity index is 2.65. The number of carboxylic acid groups (broad SMARTS) is 1. The minimum atomic E-state index is -4.71. The molecule has 1 unspecified atom stereocenters. The molecule has 142 valence electrons. The van der Waals surface area contributed by atoms with Gasteiger partial charge in [0.25, 0.3) is 5.56 Å². The number of hydrogen-bond donors (Lipinski definition) is 1. The van der Waals surface area contributed by atoms with Crippen molar-refractivity contribution >= 4 is 19.3 Å². The maximum absolute atomic E-state index is 13.3. The van der Waals surface area contributed by atoms with E-state index in [0.717, 1.165) is 10.8 Å². The zero-order valence-corrected chi connectivity index (χ0v) is 14.8. The van der Waals surface area contributed by atoms with Crippen molar-refractivity contribution in [2.24, 2.45) is 0 Å². The monoisotopic (exact) mass is 378 g/mol. The summed E-state index contributed by atoms with van der Waals surface area (Å²) in [7, 11) is 9.08. The van der Waals surface area contributed by atoms with Crippen LogP contribution >= 0.6 is 0 Å². The van der Waals surface area contributed by atoms with Gasteiger partial charge in [0, 0.05) is 18.8 Å². The van der Waals surface area contributed by atoms with Crippen LogP contribution in [-0.4, -0.2) is 49.0 Å². The lowest BCUT2D eigenvalue weighted by Gasteiger charge is -2.21. The van der Waals surface area contributed by atoms with E-state index in [1.54, 1.807) is 25.1 Å². The number of alkyl halides is 3. The first-order valence-electron chi connectivity index (χ1n) is 8.06. The summed E-state index contributed by atoms with van der Waals surface area (Å²) in [5, 5.41) is 9.60.